The zero-order valence-corrected chi connectivity index (χ0v) is 23.4. The quantitative estimate of drug-likeness (QED) is 0.106. The molecule has 5 atom stereocenters. The van der Waals surface area contributed by atoms with Gasteiger partial charge >= 0.3 is 5.97 Å². The van der Waals surface area contributed by atoms with Crippen LogP contribution < -0.4 is 27.4 Å². The van der Waals surface area contributed by atoms with E-state index in [4.69, 9.17) is 11.5 Å². The number of amides is 4. The lowest BCUT2D eigenvalue weighted by Gasteiger charge is -2.26. The molecule has 3 rings (SSSR count). The summed E-state index contributed by atoms with van der Waals surface area (Å²) < 4.78 is 0. The van der Waals surface area contributed by atoms with Crippen molar-refractivity contribution < 1.29 is 39.3 Å². The van der Waals surface area contributed by atoms with E-state index in [0.717, 1.165) is 10.9 Å². The number of primary amides is 1. The van der Waals surface area contributed by atoms with Crippen LogP contribution in [0.5, 0.6) is 5.75 Å². The van der Waals surface area contributed by atoms with Crippen molar-refractivity contribution in [3.05, 3.63) is 65.9 Å². The first-order chi connectivity index (χ1) is 20.3. The highest BCUT2D eigenvalue weighted by molar-refractivity contribution is 5.95. The summed E-state index contributed by atoms with van der Waals surface area (Å²) in [7, 11) is 0. The molecule has 3 aromatic rings. The Morgan fingerprint density at radius 3 is 2.16 bits per heavy atom. The van der Waals surface area contributed by atoms with Crippen LogP contribution in [0.2, 0.25) is 0 Å². The number of aromatic amines is 1. The van der Waals surface area contributed by atoms with Crippen LogP contribution in [-0.4, -0.2) is 80.2 Å². The monoisotopic (exact) mass is 596 g/mol. The maximum absolute atomic E-state index is 13.4. The number of carboxylic acid groups (broad SMARTS) is 1. The molecule has 0 aliphatic rings. The summed E-state index contributed by atoms with van der Waals surface area (Å²) >= 11 is 0. The van der Waals surface area contributed by atoms with Crippen molar-refractivity contribution in [1.82, 2.24) is 20.9 Å². The number of H-pyrrole nitrogens is 1. The average molecular weight is 597 g/mol. The molecule has 0 saturated heterocycles. The second-order valence-corrected chi connectivity index (χ2v) is 10.2. The van der Waals surface area contributed by atoms with Crippen molar-refractivity contribution in [2.75, 3.05) is 0 Å². The second kappa shape index (κ2) is 14.8. The van der Waals surface area contributed by atoms with Crippen LogP contribution in [0, 0.1) is 0 Å². The number of aromatic nitrogens is 1. The number of nitrogens with one attached hydrogen (secondary N) is 4. The summed E-state index contributed by atoms with van der Waals surface area (Å²) in [5, 5.41) is 37.4. The van der Waals surface area contributed by atoms with Crippen molar-refractivity contribution in [2.24, 2.45) is 11.5 Å². The van der Waals surface area contributed by atoms with Crippen LogP contribution >= 0.6 is 0 Å². The van der Waals surface area contributed by atoms with Gasteiger partial charge in [0.25, 0.3) is 0 Å². The highest BCUT2D eigenvalue weighted by atomic mass is 16.4. The molecule has 0 fully saturated rings. The minimum absolute atomic E-state index is 0.0429. The number of hydrogen-bond acceptors (Lipinski definition) is 8. The number of phenolic OH excluding ortho intramolecular Hbond substituents is 1. The number of aromatic hydroxyl groups is 1. The van der Waals surface area contributed by atoms with Gasteiger partial charge in [-0.1, -0.05) is 30.3 Å². The molecule has 4 amide bonds. The first kappa shape index (κ1) is 32.6. The van der Waals surface area contributed by atoms with Crippen molar-refractivity contribution in [3.63, 3.8) is 0 Å². The van der Waals surface area contributed by atoms with Gasteiger partial charge in [-0.05, 0) is 49.1 Å². The molecule has 11 N–H and O–H groups in total. The zero-order valence-electron chi connectivity index (χ0n) is 23.4. The lowest BCUT2D eigenvalue weighted by molar-refractivity contribution is -0.142. The van der Waals surface area contributed by atoms with E-state index >= 15 is 0 Å². The number of aliphatic hydroxyl groups excluding tert-OH is 1. The molecular formula is C29H36N6O8. The van der Waals surface area contributed by atoms with Crippen LogP contribution in [-0.2, 0) is 36.8 Å². The molecule has 1 heterocycles. The molecule has 0 bridgehead atoms. The summed E-state index contributed by atoms with van der Waals surface area (Å²) in [5.41, 5.74) is 13.2. The summed E-state index contributed by atoms with van der Waals surface area (Å²) in [6.07, 6.45) is -0.316. The smallest absolute Gasteiger partial charge is 0.326 e. The molecule has 0 aliphatic carbocycles. The van der Waals surface area contributed by atoms with Crippen LogP contribution in [0.15, 0.2) is 54.7 Å². The summed E-state index contributed by atoms with van der Waals surface area (Å²) in [4.78, 5) is 65.6. The molecule has 2 aromatic carbocycles. The first-order valence-corrected chi connectivity index (χ1v) is 13.5. The maximum Gasteiger partial charge on any atom is 0.326 e. The summed E-state index contributed by atoms with van der Waals surface area (Å²) in [6.45, 7) is 1.27. The Bertz CT molecular complexity index is 1450. The van der Waals surface area contributed by atoms with Gasteiger partial charge in [-0.15, -0.1) is 0 Å². The van der Waals surface area contributed by atoms with Gasteiger partial charge < -0.3 is 47.7 Å². The minimum atomic E-state index is -1.51. The predicted molar refractivity (Wildman–Crippen MR) is 155 cm³/mol. The molecule has 14 nitrogen and oxygen atoms in total. The molecule has 230 valence electrons. The molecule has 1 aromatic heterocycles. The van der Waals surface area contributed by atoms with E-state index in [0.29, 0.717) is 11.1 Å². The Labute approximate surface area is 246 Å². The van der Waals surface area contributed by atoms with Crippen molar-refractivity contribution in [2.45, 2.75) is 62.9 Å². The summed E-state index contributed by atoms with van der Waals surface area (Å²) in [5.74, 6) is -4.63. The van der Waals surface area contributed by atoms with Crippen LogP contribution in [0.3, 0.4) is 0 Å². The first-order valence-electron chi connectivity index (χ1n) is 13.5. The number of benzene rings is 2. The van der Waals surface area contributed by atoms with Crippen LogP contribution in [0.25, 0.3) is 10.9 Å². The number of aliphatic hydroxyl groups is 1. The largest absolute Gasteiger partial charge is 0.508 e. The summed E-state index contributed by atoms with van der Waals surface area (Å²) in [6, 6.07) is 7.85. The topological polar surface area (TPSA) is 250 Å². The third-order valence-electron chi connectivity index (χ3n) is 6.82. The number of rotatable bonds is 15. The minimum Gasteiger partial charge on any atom is -0.508 e. The zero-order chi connectivity index (χ0) is 31.7. The average Bonchev–Trinajstić information content (AvgIpc) is 3.36. The van der Waals surface area contributed by atoms with E-state index in [9.17, 15) is 39.3 Å². The molecule has 0 aliphatic heterocycles. The number of aliphatic carboxylic acids is 1. The number of carboxylic acids is 1. The van der Waals surface area contributed by atoms with E-state index in [1.54, 1.807) is 30.5 Å². The van der Waals surface area contributed by atoms with Gasteiger partial charge in [0.15, 0.2) is 0 Å². The molecule has 14 heteroatoms. The van der Waals surface area contributed by atoms with E-state index in [2.05, 4.69) is 20.9 Å². The third-order valence-corrected chi connectivity index (χ3v) is 6.82. The van der Waals surface area contributed by atoms with Crippen molar-refractivity contribution >= 4 is 40.5 Å². The Balaban J connectivity index is 1.79. The lowest BCUT2D eigenvalue weighted by atomic mass is 10.0. The number of para-hydroxylation sites is 1. The molecule has 0 radical (unpaired) electrons. The fourth-order valence-corrected chi connectivity index (χ4v) is 4.45. The van der Waals surface area contributed by atoms with Gasteiger partial charge in [-0.3, -0.25) is 19.2 Å². The highest BCUT2D eigenvalue weighted by Crippen LogP contribution is 2.19. The van der Waals surface area contributed by atoms with Crippen molar-refractivity contribution in [3.8, 4) is 5.75 Å². The predicted octanol–water partition coefficient (Wildman–Crippen LogP) is -0.829. The molecule has 0 spiro atoms. The van der Waals surface area contributed by atoms with E-state index in [1.807, 2.05) is 12.1 Å². The van der Waals surface area contributed by atoms with Gasteiger partial charge in [-0.25, -0.2) is 4.79 Å². The number of carbonyl (C=O) groups excluding carboxylic acids is 4. The Morgan fingerprint density at radius 2 is 1.53 bits per heavy atom. The van der Waals surface area contributed by atoms with Crippen molar-refractivity contribution in [1.29, 1.82) is 0 Å². The van der Waals surface area contributed by atoms with E-state index < -0.39 is 59.9 Å². The third kappa shape index (κ3) is 9.28. The van der Waals surface area contributed by atoms with Gasteiger partial charge in [-0.2, -0.15) is 0 Å². The normalized spacial score (nSPS) is 14.6. The lowest BCUT2D eigenvalue weighted by Crippen LogP contribution is -2.60. The van der Waals surface area contributed by atoms with E-state index in [-0.39, 0.29) is 31.4 Å². The highest BCUT2D eigenvalue weighted by Gasteiger charge is 2.33. The number of carbonyl (C=O) groups is 5. The standard InChI is InChI=1S/C29H36N6O8/c1-15(36)25(35-26(39)20(30)12-16-6-8-18(37)9-7-16)28(41)34-23(13-17-14-32-21-5-3-2-4-19(17)21)27(40)33-22(29(42)43)10-11-24(31)38/h2-9,14-15,20,22-23,25,32,36-37H,10-13,30H2,1H3,(H2,31,38)(H,33,40)(H,34,41)(H,35,39)(H,42,43). The van der Waals surface area contributed by atoms with Gasteiger partial charge in [0.05, 0.1) is 12.1 Å². The van der Waals surface area contributed by atoms with E-state index in [1.165, 1.54) is 19.1 Å². The van der Waals surface area contributed by atoms with Gasteiger partial charge in [0.1, 0.15) is 23.9 Å². The maximum atomic E-state index is 13.4. The number of hydrogen-bond donors (Lipinski definition) is 9. The molecule has 43 heavy (non-hydrogen) atoms. The van der Waals surface area contributed by atoms with Gasteiger partial charge in [0.2, 0.25) is 23.6 Å². The van der Waals surface area contributed by atoms with Crippen LogP contribution in [0.1, 0.15) is 30.9 Å². The van der Waals surface area contributed by atoms with Gasteiger partial charge in [0, 0.05) is 29.9 Å². The Morgan fingerprint density at radius 1 is 0.884 bits per heavy atom. The number of nitrogens with two attached hydrogens (primary N) is 2. The number of fused-ring (bicyclic) bond motifs is 1. The molecular weight excluding hydrogens is 560 g/mol. The number of phenols is 1. The van der Waals surface area contributed by atoms with Crippen LogP contribution in [0.4, 0.5) is 0 Å². The fourth-order valence-electron chi connectivity index (χ4n) is 4.45. The fraction of sp³-hybridized carbons (Fsp3) is 0.345. The Hall–Kier alpha value is -4.95. The molecule has 5 unspecified atom stereocenters. The second-order valence-electron chi connectivity index (χ2n) is 10.2. The molecule has 0 saturated carbocycles. The SMILES string of the molecule is CC(O)C(NC(=O)C(N)Cc1ccc(O)cc1)C(=O)NC(Cc1c[nH]c2ccccc12)C(=O)NC(CCC(N)=O)C(=O)O. The Kier molecular flexibility index (Phi) is 11.2.